The lowest BCUT2D eigenvalue weighted by molar-refractivity contribution is -0.109. The van der Waals surface area contributed by atoms with Crippen LogP contribution in [-0.2, 0) is 0 Å². The highest BCUT2D eigenvalue weighted by Crippen LogP contribution is 2.50. The van der Waals surface area contributed by atoms with Crippen LogP contribution < -0.4 is 5.73 Å². The van der Waals surface area contributed by atoms with Crippen molar-refractivity contribution in [1.82, 2.24) is 0 Å². The van der Waals surface area contributed by atoms with Crippen LogP contribution in [0.15, 0.2) is 0 Å². The molecule has 12 heavy (non-hydrogen) atoms. The summed E-state index contributed by atoms with van der Waals surface area (Å²) in [4.78, 5) is 0. The summed E-state index contributed by atoms with van der Waals surface area (Å²) < 4.78 is 0. The van der Waals surface area contributed by atoms with Crippen molar-refractivity contribution in [1.29, 1.82) is 0 Å². The Bertz CT molecular complexity index is 185. The molecular formula is C9H17NO2. The van der Waals surface area contributed by atoms with Crippen molar-refractivity contribution in [2.75, 3.05) is 6.61 Å². The Morgan fingerprint density at radius 3 is 2.25 bits per heavy atom. The van der Waals surface area contributed by atoms with Crippen molar-refractivity contribution in [2.45, 2.75) is 43.7 Å². The van der Waals surface area contributed by atoms with Gasteiger partial charge in [0.2, 0.25) is 0 Å². The van der Waals surface area contributed by atoms with Gasteiger partial charge in [0.1, 0.15) is 0 Å². The molecule has 0 heterocycles. The highest BCUT2D eigenvalue weighted by atomic mass is 16.3. The standard InChI is InChI=1S/C9H17NO2/c10-9-3-1-8(6-11,2-4-9)7(12)5-9/h7,11-12H,1-6,10H2/t7-,8?,9?/m0/s1. The minimum Gasteiger partial charge on any atom is -0.396 e. The highest BCUT2D eigenvalue weighted by molar-refractivity contribution is 5.06. The van der Waals surface area contributed by atoms with E-state index >= 15 is 0 Å². The number of aliphatic hydroxyl groups excluding tert-OH is 2. The molecular weight excluding hydrogens is 154 g/mol. The maximum absolute atomic E-state index is 9.78. The van der Waals surface area contributed by atoms with E-state index in [2.05, 4.69) is 0 Å². The van der Waals surface area contributed by atoms with Crippen LogP contribution in [0.3, 0.4) is 0 Å². The summed E-state index contributed by atoms with van der Waals surface area (Å²) in [6, 6.07) is 0. The van der Waals surface area contributed by atoms with Crippen molar-refractivity contribution in [3.05, 3.63) is 0 Å². The molecule has 0 unspecified atom stereocenters. The second kappa shape index (κ2) is 2.44. The maximum Gasteiger partial charge on any atom is 0.0635 e. The van der Waals surface area contributed by atoms with E-state index in [4.69, 9.17) is 5.73 Å². The first-order valence-corrected chi connectivity index (χ1v) is 4.68. The number of hydrogen-bond donors (Lipinski definition) is 3. The molecule has 3 heteroatoms. The molecule has 70 valence electrons. The molecule has 3 rings (SSSR count). The third-order valence-electron chi connectivity index (χ3n) is 3.86. The first-order valence-electron chi connectivity index (χ1n) is 4.68. The molecule has 0 amide bonds. The van der Waals surface area contributed by atoms with Crippen LogP contribution in [0.25, 0.3) is 0 Å². The van der Waals surface area contributed by atoms with Crippen molar-refractivity contribution in [2.24, 2.45) is 11.1 Å². The molecule has 3 saturated carbocycles. The quantitative estimate of drug-likeness (QED) is 0.520. The van der Waals surface area contributed by atoms with Gasteiger partial charge in [-0.2, -0.15) is 0 Å². The van der Waals surface area contributed by atoms with E-state index in [1.54, 1.807) is 0 Å². The predicted molar refractivity (Wildman–Crippen MR) is 45.5 cm³/mol. The molecule has 3 aliphatic carbocycles. The average molecular weight is 171 g/mol. The van der Waals surface area contributed by atoms with Gasteiger partial charge in [-0.3, -0.25) is 0 Å². The zero-order valence-corrected chi connectivity index (χ0v) is 7.29. The van der Waals surface area contributed by atoms with Gasteiger partial charge in [0.15, 0.2) is 0 Å². The molecule has 0 aromatic carbocycles. The second-order valence-electron chi connectivity index (χ2n) is 4.60. The Balaban J connectivity index is 2.20. The van der Waals surface area contributed by atoms with Gasteiger partial charge in [0.25, 0.3) is 0 Å². The van der Waals surface area contributed by atoms with Crippen LogP contribution >= 0.6 is 0 Å². The fourth-order valence-corrected chi connectivity index (χ4v) is 2.65. The van der Waals surface area contributed by atoms with Crippen molar-refractivity contribution in [3.63, 3.8) is 0 Å². The molecule has 3 aliphatic rings. The molecule has 3 fully saturated rings. The Morgan fingerprint density at radius 1 is 1.25 bits per heavy atom. The van der Waals surface area contributed by atoms with Gasteiger partial charge < -0.3 is 15.9 Å². The van der Waals surface area contributed by atoms with Gasteiger partial charge >= 0.3 is 0 Å². The summed E-state index contributed by atoms with van der Waals surface area (Å²) >= 11 is 0. The van der Waals surface area contributed by atoms with Gasteiger partial charge in [-0.1, -0.05) is 0 Å². The number of hydrogen-bond acceptors (Lipinski definition) is 3. The minimum atomic E-state index is -0.380. The van der Waals surface area contributed by atoms with E-state index in [-0.39, 0.29) is 23.7 Å². The molecule has 3 nitrogen and oxygen atoms in total. The third-order valence-corrected chi connectivity index (χ3v) is 3.86. The van der Waals surface area contributed by atoms with Crippen LogP contribution in [-0.4, -0.2) is 28.5 Å². The molecule has 2 bridgehead atoms. The van der Waals surface area contributed by atoms with Crippen molar-refractivity contribution < 1.29 is 10.2 Å². The van der Waals surface area contributed by atoms with E-state index in [0.717, 1.165) is 25.7 Å². The minimum absolute atomic E-state index is 0.115. The van der Waals surface area contributed by atoms with E-state index in [1.165, 1.54) is 0 Å². The summed E-state index contributed by atoms with van der Waals surface area (Å²) in [7, 11) is 0. The van der Waals surface area contributed by atoms with Gasteiger partial charge in [-0.15, -0.1) is 0 Å². The van der Waals surface area contributed by atoms with Gasteiger partial charge in [0, 0.05) is 11.0 Å². The molecule has 4 N–H and O–H groups in total. The summed E-state index contributed by atoms with van der Waals surface area (Å²) in [5, 5.41) is 19.0. The molecule has 0 aromatic heterocycles. The van der Waals surface area contributed by atoms with Gasteiger partial charge in [-0.05, 0) is 32.1 Å². The lowest BCUT2D eigenvalue weighted by Gasteiger charge is -2.54. The van der Waals surface area contributed by atoms with Crippen LogP contribution in [0, 0.1) is 5.41 Å². The SMILES string of the molecule is NC12CCC(CO)(CC1)[C@@H](O)C2. The van der Waals surface area contributed by atoms with Crippen molar-refractivity contribution in [3.8, 4) is 0 Å². The smallest absolute Gasteiger partial charge is 0.0635 e. The molecule has 0 saturated heterocycles. The Morgan fingerprint density at radius 2 is 1.83 bits per heavy atom. The lowest BCUT2D eigenvalue weighted by atomic mass is 9.56. The fourth-order valence-electron chi connectivity index (χ4n) is 2.65. The third kappa shape index (κ3) is 1.00. The molecule has 0 aromatic rings. The first kappa shape index (κ1) is 8.48. The number of rotatable bonds is 1. The first-order chi connectivity index (χ1) is 5.60. The van der Waals surface area contributed by atoms with Crippen molar-refractivity contribution >= 4 is 0 Å². The normalized spacial score (nSPS) is 52.8. The number of nitrogens with two attached hydrogens (primary N) is 1. The monoisotopic (exact) mass is 171 g/mol. The molecule has 0 spiro atoms. The van der Waals surface area contributed by atoms with E-state index in [9.17, 15) is 10.2 Å². The van der Waals surface area contributed by atoms with Gasteiger partial charge in [-0.25, -0.2) is 0 Å². The zero-order valence-electron chi connectivity index (χ0n) is 7.29. The van der Waals surface area contributed by atoms with Crippen LogP contribution in [0.1, 0.15) is 32.1 Å². The molecule has 0 radical (unpaired) electrons. The van der Waals surface area contributed by atoms with Crippen LogP contribution in [0.5, 0.6) is 0 Å². The van der Waals surface area contributed by atoms with E-state index in [0.29, 0.717) is 6.42 Å². The molecule has 0 aliphatic heterocycles. The predicted octanol–water partition coefficient (Wildman–Crippen LogP) is 0.00120. The topological polar surface area (TPSA) is 66.5 Å². The molecule has 1 atom stereocenters. The van der Waals surface area contributed by atoms with E-state index in [1.807, 2.05) is 0 Å². The second-order valence-corrected chi connectivity index (χ2v) is 4.60. The highest BCUT2D eigenvalue weighted by Gasteiger charge is 2.51. The number of fused-ring (bicyclic) bond motifs is 3. The summed E-state index contributed by atoms with van der Waals surface area (Å²) in [5.74, 6) is 0. The van der Waals surface area contributed by atoms with E-state index < -0.39 is 0 Å². The van der Waals surface area contributed by atoms with Crippen LogP contribution in [0.2, 0.25) is 0 Å². The zero-order chi connectivity index (χ0) is 8.82. The lowest BCUT2D eigenvalue weighted by Crippen LogP contribution is -2.59. The van der Waals surface area contributed by atoms with Gasteiger partial charge in [0.05, 0.1) is 12.7 Å². The summed E-state index contributed by atoms with van der Waals surface area (Å²) in [5.41, 5.74) is 5.72. The largest absolute Gasteiger partial charge is 0.396 e. The van der Waals surface area contributed by atoms with Crippen LogP contribution in [0.4, 0.5) is 0 Å². The summed E-state index contributed by atoms with van der Waals surface area (Å²) in [6.07, 6.45) is 4.00. The Kier molecular flexibility index (Phi) is 1.72. The Labute approximate surface area is 72.6 Å². The maximum atomic E-state index is 9.78. The Hall–Kier alpha value is -0.120. The number of aliphatic hydroxyl groups is 2. The average Bonchev–Trinajstić information content (AvgIpc) is 2.05. The fraction of sp³-hybridized carbons (Fsp3) is 1.00. The summed E-state index contributed by atoms with van der Waals surface area (Å²) in [6.45, 7) is 0.115.